The molecule has 2 aromatic carbocycles. The van der Waals surface area contributed by atoms with Crippen molar-refractivity contribution in [3.8, 4) is 0 Å². The van der Waals surface area contributed by atoms with E-state index in [4.69, 9.17) is 0 Å². The van der Waals surface area contributed by atoms with Gasteiger partial charge in [-0.25, -0.2) is 8.78 Å². The van der Waals surface area contributed by atoms with Crippen LogP contribution in [0.4, 0.5) is 8.78 Å². The largest absolute Gasteiger partial charge is 0.348 e. The van der Waals surface area contributed by atoms with Crippen molar-refractivity contribution < 1.29 is 13.6 Å². The Morgan fingerprint density at radius 3 is 2.44 bits per heavy atom. The van der Waals surface area contributed by atoms with Gasteiger partial charge in [-0.05, 0) is 18.2 Å². The number of carbonyl (C=O) groups is 1. The van der Waals surface area contributed by atoms with Crippen LogP contribution in [0, 0.1) is 11.6 Å². The van der Waals surface area contributed by atoms with Crippen molar-refractivity contribution in [3.63, 3.8) is 0 Å². The molecule has 0 saturated carbocycles. The molecular weight excluding hydrogens is 236 g/mol. The van der Waals surface area contributed by atoms with Gasteiger partial charge in [-0.2, -0.15) is 0 Å². The van der Waals surface area contributed by atoms with Crippen molar-refractivity contribution >= 4 is 5.91 Å². The average Bonchev–Trinajstić information content (AvgIpc) is 2.38. The lowest BCUT2D eigenvalue weighted by molar-refractivity contribution is 0.0950. The van der Waals surface area contributed by atoms with Crippen LogP contribution >= 0.6 is 0 Å². The third-order valence-electron chi connectivity index (χ3n) is 2.49. The standard InChI is InChI=1S/C14H11F2NO/c15-12-7-6-11(13(16)8-12)9-17-14(18)10-4-2-1-3-5-10/h1-8H,9H2,(H,17,18). The van der Waals surface area contributed by atoms with Crippen LogP contribution in [0.2, 0.25) is 0 Å². The van der Waals surface area contributed by atoms with Crippen molar-refractivity contribution in [2.75, 3.05) is 0 Å². The van der Waals surface area contributed by atoms with Gasteiger partial charge < -0.3 is 5.32 Å². The van der Waals surface area contributed by atoms with Crippen molar-refractivity contribution in [2.45, 2.75) is 6.54 Å². The predicted octanol–water partition coefficient (Wildman–Crippen LogP) is 2.89. The molecule has 0 aliphatic heterocycles. The third kappa shape index (κ3) is 2.91. The van der Waals surface area contributed by atoms with Gasteiger partial charge in [-0.1, -0.05) is 24.3 Å². The molecule has 0 bridgehead atoms. The molecule has 1 N–H and O–H groups in total. The molecular formula is C14H11F2NO. The number of carbonyl (C=O) groups excluding carboxylic acids is 1. The fourth-order valence-corrected chi connectivity index (χ4v) is 1.53. The van der Waals surface area contributed by atoms with E-state index in [0.717, 1.165) is 12.1 Å². The molecule has 0 saturated heterocycles. The molecule has 0 spiro atoms. The highest BCUT2D eigenvalue weighted by molar-refractivity contribution is 5.94. The Morgan fingerprint density at radius 1 is 1.06 bits per heavy atom. The zero-order chi connectivity index (χ0) is 13.0. The Bertz CT molecular complexity index is 555. The monoisotopic (exact) mass is 247 g/mol. The Kier molecular flexibility index (Phi) is 3.67. The Morgan fingerprint density at radius 2 is 1.78 bits per heavy atom. The first-order valence-corrected chi connectivity index (χ1v) is 5.44. The summed E-state index contributed by atoms with van der Waals surface area (Å²) >= 11 is 0. The molecule has 0 aliphatic carbocycles. The van der Waals surface area contributed by atoms with Gasteiger partial charge in [-0.3, -0.25) is 4.79 Å². The number of rotatable bonds is 3. The fraction of sp³-hybridized carbons (Fsp3) is 0.0714. The minimum Gasteiger partial charge on any atom is -0.348 e. The van der Waals surface area contributed by atoms with Crippen molar-refractivity contribution in [3.05, 3.63) is 71.3 Å². The zero-order valence-electron chi connectivity index (χ0n) is 9.49. The molecule has 1 amide bonds. The normalized spacial score (nSPS) is 10.1. The molecule has 2 aromatic rings. The van der Waals surface area contributed by atoms with Gasteiger partial charge in [0.25, 0.3) is 5.91 Å². The van der Waals surface area contributed by atoms with Crippen LogP contribution in [0.25, 0.3) is 0 Å². The maximum absolute atomic E-state index is 13.3. The second-order valence-electron chi connectivity index (χ2n) is 3.78. The summed E-state index contributed by atoms with van der Waals surface area (Å²) in [5.41, 5.74) is 0.751. The molecule has 2 nitrogen and oxygen atoms in total. The third-order valence-corrected chi connectivity index (χ3v) is 2.49. The minimum absolute atomic E-state index is 0.0276. The number of benzene rings is 2. The van der Waals surface area contributed by atoms with E-state index in [2.05, 4.69) is 5.32 Å². The van der Waals surface area contributed by atoms with Crippen molar-refractivity contribution in [1.82, 2.24) is 5.32 Å². The molecule has 0 aliphatic rings. The van der Waals surface area contributed by atoms with E-state index in [1.807, 2.05) is 0 Å². The molecule has 0 atom stereocenters. The lowest BCUT2D eigenvalue weighted by Crippen LogP contribution is -2.23. The molecule has 0 fully saturated rings. The summed E-state index contributed by atoms with van der Waals surface area (Å²) in [6.45, 7) is 0.0276. The summed E-state index contributed by atoms with van der Waals surface area (Å²) in [7, 11) is 0. The van der Waals surface area contributed by atoms with Gasteiger partial charge >= 0.3 is 0 Å². The predicted molar refractivity (Wildman–Crippen MR) is 64.0 cm³/mol. The Hall–Kier alpha value is -2.23. The van der Waals surface area contributed by atoms with Crippen LogP contribution in [0.15, 0.2) is 48.5 Å². The molecule has 0 radical (unpaired) electrons. The Balaban J connectivity index is 2.02. The van der Waals surface area contributed by atoms with Gasteiger partial charge in [0.05, 0.1) is 0 Å². The first kappa shape index (κ1) is 12.2. The summed E-state index contributed by atoms with van der Waals surface area (Å²) in [5.74, 6) is -1.59. The number of hydrogen-bond donors (Lipinski definition) is 1. The van der Waals surface area contributed by atoms with Crippen LogP contribution in [-0.4, -0.2) is 5.91 Å². The number of amides is 1. The van der Waals surface area contributed by atoms with E-state index in [0.29, 0.717) is 5.56 Å². The van der Waals surface area contributed by atoms with Crippen LogP contribution in [-0.2, 0) is 6.54 Å². The fourth-order valence-electron chi connectivity index (χ4n) is 1.53. The SMILES string of the molecule is O=C(NCc1ccc(F)cc1F)c1ccccc1. The van der Waals surface area contributed by atoms with Crippen LogP contribution < -0.4 is 5.32 Å². The van der Waals surface area contributed by atoms with E-state index in [1.54, 1.807) is 30.3 Å². The van der Waals surface area contributed by atoms with Crippen molar-refractivity contribution in [1.29, 1.82) is 0 Å². The van der Waals surface area contributed by atoms with E-state index >= 15 is 0 Å². The minimum atomic E-state index is -0.664. The smallest absolute Gasteiger partial charge is 0.251 e. The zero-order valence-corrected chi connectivity index (χ0v) is 9.49. The molecule has 18 heavy (non-hydrogen) atoms. The summed E-state index contributed by atoms with van der Waals surface area (Å²) in [5, 5.41) is 2.57. The first-order chi connectivity index (χ1) is 8.66. The lowest BCUT2D eigenvalue weighted by Gasteiger charge is -2.06. The van der Waals surface area contributed by atoms with Gasteiger partial charge in [0.15, 0.2) is 0 Å². The maximum Gasteiger partial charge on any atom is 0.251 e. The summed E-state index contributed by atoms with van der Waals surface area (Å²) < 4.78 is 26.0. The number of nitrogens with one attached hydrogen (secondary N) is 1. The Labute approximate surface area is 103 Å². The topological polar surface area (TPSA) is 29.1 Å². The molecule has 0 aromatic heterocycles. The second kappa shape index (κ2) is 5.40. The molecule has 0 heterocycles. The molecule has 2 rings (SSSR count). The van der Waals surface area contributed by atoms with E-state index in [-0.39, 0.29) is 18.0 Å². The van der Waals surface area contributed by atoms with Crippen LogP contribution in [0.5, 0.6) is 0 Å². The summed E-state index contributed by atoms with van der Waals surface area (Å²) in [6.07, 6.45) is 0. The lowest BCUT2D eigenvalue weighted by atomic mass is 10.2. The highest BCUT2D eigenvalue weighted by Crippen LogP contribution is 2.09. The van der Waals surface area contributed by atoms with Gasteiger partial charge in [0.2, 0.25) is 0 Å². The number of halogens is 2. The summed E-state index contributed by atoms with van der Waals surface area (Å²) in [6, 6.07) is 11.9. The molecule has 4 heteroatoms. The molecule has 92 valence electrons. The summed E-state index contributed by atoms with van der Waals surface area (Å²) in [4.78, 5) is 11.7. The van der Waals surface area contributed by atoms with Gasteiger partial charge in [-0.15, -0.1) is 0 Å². The highest BCUT2D eigenvalue weighted by atomic mass is 19.1. The van der Waals surface area contributed by atoms with Gasteiger partial charge in [0.1, 0.15) is 11.6 Å². The first-order valence-electron chi connectivity index (χ1n) is 5.44. The van der Waals surface area contributed by atoms with E-state index in [9.17, 15) is 13.6 Å². The van der Waals surface area contributed by atoms with Crippen LogP contribution in [0.1, 0.15) is 15.9 Å². The van der Waals surface area contributed by atoms with E-state index in [1.165, 1.54) is 6.07 Å². The number of hydrogen-bond acceptors (Lipinski definition) is 1. The maximum atomic E-state index is 13.3. The van der Waals surface area contributed by atoms with Crippen LogP contribution in [0.3, 0.4) is 0 Å². The van der Waals surface area contributed by atoms with E-state index < -0.39 is 11.6 Å². The average molecular weight is 247 g/mol. The second-order valence-corrected chi connectivity index (χ2v) is 3.78. The quantitative estimate of drug-likeness (QED) is 0.887. The highest BCUT2D eigenvalue weighted by Gasteiger charge is 2.07. The van der Waals surface area contributed by atoms with Gasteiger partial charge in [0, 0.05) is 23.7 Å². The van der Waals surface area contributed by atoms with Crippen molar-refractivity contribution in [2.24, 2.45) is 0 Å². The molecule has 0 unspecified atom stereocenters.